The first-order chi connectivity index (χ1) is 6.53. The van der Waals surface area contributed by atoms with Crippen LogP contribution in [0.3, 0.4) is 0 Å². The largest absolute Gasteiger partial charge is 0.313 e. The highest BCUT2D eigenvalue weighted by atomic mass is 15.2. The second kappa shape index (κ2) is 5.13. The van der Waals surface area contributed by atoms with E-state index in [0.717, 1.165) is 6.54 Å². The molecule has 0 aromatic carbocycles. The lowest BCUT2D eigenvalue weighted by atomic mass is 9.82. The molecule has 84 valence electrons. The van der Waals surface area contributed by atoms with Crippen LogP contribution in [-0.4, -0.2) is 37.1 Å². The molecular formula is C12H26N2. The van der Waals surface area contributed by atoms with Crippen molar-refractivity contribution in [2.24, 2.45) is 5.41 Å². The van der Waals surface area contributed by atoms with E-state index in [4.69, 9.17) is 0 Å². The van der Waals surface area contributed by atoms with Gasteiger partial charge in [-0.15, -0.1) is 0 Å². The van der Waals surface area contributed by atoms with Gasteiger partial charge in [0.25, 0.3) is 0 Å². The summed E-state index contributed by atoms with van der Waals surface area (Å²) in [6.45, 7) is 14.1. The zero-order valence-corrected chi connectivity index (χ0v) is 10.3. The maximum absolute atomic E-state index is 3.47. The SMILES string of the molecule is CCNC(C)CN1CCC(C)(C)CC1. The first kappa shape index (κ1) is 12.0. The van der Waals surface area contributed by atoms with E-state index in [1.165, 1.54) is 32.5 Å². The Morgan fingerprint density at radius 1 is 1.29 bits per heavy atom. The molecule has 1 fully saturated rings. The molecule has 1 aliphatic rings. The van der Waals surface area contributed by atoms with Gasteiger partial charge in [-0.25, -0.2) is 0 Å². The van der Waals surface area contributed by atoms with Gasteiger partial charge >= 0.3 is 0 Å². The standard InChI is InChI=1S/C12H26N2/c1-5-13-11(2)10-14-8-6-12(3,4)7-9-14/h11,13H,5-10H2,1-4H3. The van der Waals surface area contributed by atoms with Crippen molar-refractivity contribution in [1.29, 1.82) is 0 Å². The van der Waals surface area contributed by atoms with E-state index in [9.17, 15) is 0 Å². The lowest BCUT2D eigenvalue weighted by molar-refractivity contribution is 0.124. The molecule has 1 atom stereocenters. The summed E-state index contributed by atoms with van der Waals surface area (Å²) < 4.78 is 0. The van der Waals surface area contributed by atoms with Gasteiger partial charge in [0.1, 0.15) is 0 Å². The van der Waals surface area contributed by atoms with Gasteiger partial charge < -0.3 is 10.2 Å². The molecule has 0 aliphatic carbocycles. The van der Waals surface area contributed by atoms with E-state index in [2.05, 4.69) is 37.9 Å². The van der Waals surface area contributed by atoms with Crippen LogP contribution in [0, 0.1) is 5.41 Å². The van der Waals surface area contributed by atoms with Gasteiger partial charge in [0, 0.05) is 12.6 Å². The fraction of sp³-hybridized carbons (Fsp3) is 1.00. The Bertz CT molecular complexity index is 156. The highest BCUT2D eigenvalue weighted by Gasteiger charge is 2.25. The van der Waals surface area contributed by atoms with Crippen molar-refractivity contribution in [3.8, 4) is 0 Å². The lowest BCUT2D eigenvalue weighted by Crippen LogP contribution is -2.44. The fourth-order valence-electron chi connectivity index (χ4n) is 2.14. The average molecular weight is 198 g/mol. The van der Waals surface area contributed by atoms with Crippen LogP contribution < -0.4 is 5.32 Å². The van der Waals surface area contributed by atoms with Gasteiger partial charge in [0.2, 0.25) is 0 Å². The highest BCUT2D eigenvalue weighted by molar-refractivity contribution is 4.80. The molecule has 0 saturated carbocycles. The summed E-state index contributed by atoms with van der Waals surface area (Å²) in [7, 11) is 0. The summed E-state index contributed by atoms with van der Waals surface area (Å²) in [5, 5.41) is 3.47. The normalized spacial score (nSPS) is 24.9. The first-order valence-corrected chi connectivity index (χ1v) is 5.99. The molecule has 1 N–H and O–H groups in total. The third-order valence-corrected chi connectivity index (χ3v) is 3.29. The third-order valence-electron chi connectivity index (χ3n) is 3.29. The van der Waals surface area contributed by atoms with Crippen molar-refractivity contribution in [3.05, 3.63) is 0 Å². The Morgan fingerprint density at radius 3 is 2.36 bits per heavy atom. The maximum Gasteiger partial charge on any atom is 0.0166 e. The van der Waals surface area contributed by atoms with Crippen molar-refractivity contribution in [3.63, 3.8) is 0 Å². The van der Waals surface area contributed by atoms with Crippen LogP contribution in [0.1, 0.15) is 40.5 Å². The topological polar surface area (TPSA) is 15.3 Å². The van der Waals surface area contributed by atoms with Gasteiger partial charge in [0.05, 0.1) is 0 Å². The molecule has 0 radical (unpaired) electrons. The first-order valence-electron chi connectivity index (χ1n) is 5.99. The number of nitrogens with zero attached hydrogens (tertiary/aromatic N) is 1. The zero-order valence-electron chi connectivity index (χ0n) is 10.3. The zero-order chi connectivity index (χ0) is 10.6. The number of likely N-dealkylation sites (N-methyl/N-ethyl adjacent to an activating group) is 1. The molecule has 1 aliphatic heterocycles. The molecule has 0 aromatic rings. The number of nitrogens with one attached hydrogen (secondary N) is 1. The van der Waals surface area contributed by atoms with E-state index in [-0.39, 0.29) is 0 Å². The minimum atomic E-state index is 0.581. The molecule has 1 rings (SSSR count). The maximum atomic E-state index is 3.47. The van der Waals surface area contributed by atoms with Gasteiger partial charge in [-0.2, -0.15) is 0 Å². The van der Waals surface area contributed by atoms with E-state index >= 15 is 0 Å². The van der Waals surface area contributed by atoms with Gasteiger partial charge in [-0.05, 0) is 44.8 Å². The summed E-state index contributed by atoms with van der Waals surface area (Å²) in [4.78, 5) is 2.60. The van der Waals surface area contributed by atoms with E-state index in [0.29, 0.717) is 11.5 Å². The number of hydrogen-bond donors (Lipinski definition) is 1. The molecule has 0 spiro atoms. The van der Waals surface area contributed by atoms with Crippen LogP contribution in [0.5, 0.6) is 0 Å². The summed E-state index contributed by atoms with van der Waals surface area (Å²) in [6.07, 6.45) is 2.71. The molecular weight excluding hydrogens is 172 g/mol. The molecule has 1 saturated heterocycles. The predicted molar refractivity (Wildman–Crippen MR) is 62.6 cm³/mol. The minimum Gasteiger partial charge on any atom is -0.313 e. The van der Waals surface area contributed by atoms with Crippen LogP contribution >= 0.6 is 0 Å². The van der Waals surface area contributed by atoms with Crippen LogP contribution in [0.4, 0.5) is 0 Å². The minimum absolute atomic E-state index is 0.581. The van der Waals surface area contributed by atoms with Crippen molar-refractivity contribution in [2.45, 2.75) is 46.6 Å². The molecule has 2 nitrogen and oxygen atoms in total. The smallest absolute Gasteiger partial charge is 0.0166 e. The van der Waals surface area contributed by atoms with E-state index in [1.807, 2.05) is 0 Å². The Morgan fingerprint density at radius 2 is 1.86 bits per heavy atom. The van der Waals surface area contributed by atoms with Gasteiger partial charge in [0.15, 0.2) is 0 Å². The van der Waals surface area contributed by atoms with Gasteiger partial charge in [-0.1, -0.05) is 20.8 Å². The summed E-state index contributed by atoms with van der Waals surface area (Å²) in [6, 6.07) is 0.640. The number of rotatable bonds is 4. The molecule has 0 amide bonds. The molecule has 14 heavy (non-hydrogen) atoms. The monoisotopic (exact) mass is 198 g/mol. The second-order valence-electron chi connectivity index (χ2n) is 5.42. The Balaban J connectivity index is 2.22. The lowest BCUT2D eigenvalue weighted by Gasteiger charge is -2.38. The molecule has 0 aromatic heterocycles. The van der Waals surface area contributed by atoms with Crippen LogP contribution in [0.25, 0.3) is 0 Å². The van der Waals surface area contributed by atoms with Crippen molar-refractivity contribution in [2.75, 3.05) is 26.2 Å². The van der Waals surface area contributed by atoms with Crippen LogP contribution in [0.2, 0.25) is 0 Å². The molecule has 0 bridgehead atoms. The Labute approximate surface area is 89.1 Å². The van der Waals surface area contributed by atoms with E-state index < -0.39 is 0 Å². The van der Waals surface area contributed by atoms with Crippen molar-refractivity contribution < 1.29 is 0 Å². The average Bonchev–Trinajstić information content (AvgIpc) is 2.09. The van der Waals surface area contributed by atoms with Crippen LogP contribution in [0.15, 0.2) is 0 Å². The number of piperidine rings is 1. The van der Waals surface area contributed by atoms with Crippen molar-refractivity contribution in [1.82, 2.24) is 10.2 Å². The second-order valence-corrected chi connectivity index (χ2v) is 5.42. The molecule has 2 heteroatoms. The molecule has 1 heterocycles. The van der Waals surface area contributed by atoms with Crippen LogP contribution in [-0.2, 0) is 0 Å². The summed E-state index contributed by atoms with van der Waals surface area (Å²) in [5.41, 5.74) is 0.581. The van der Waals surface area contributed by atoms with E-state index in [1.54, 1.807) is 0 Å². The number of hydrogen-bond acceptors (Lipinski definition) is 2. The van der Waals surface area contributed by atoms with Crippen molar-refractivity contribution >= 4 is 0 Å². The quantitative estimate of drug-likeness (QED) is 0.744. The highest BCUT2D eigenvalue weighted by Crippen LogP contribution is 2.29. The third kappa shape index (κ3) is 3.97. The summed E-state index contributed by atoms with van der Waals surface area (Å²) >= 11 is 0. The fourth-order valence-corrected chi connectivity index (χ4v) is 2.14. The Hall–Kier alpha value is -0.0800. The van der Waals surface area contributed by atoms with Gasteiger partial charge in [-0.3, -0.25) is 0 Å². The number of likely N-dealkylation sites (tertiary alicyclic amines) is 1. The predicted octanol–water partition coefficient (Wildman–Crippen LogP) is 2.11. The molecule has 1 unspecified atom stereocenters. The Kier molecular flexibility index (Phi) is 4.39. The summed E-state index contributed by atoms with van der Waals surface area (Å²) in [5.74, 6) is 0.